The Morgan fingerprint density at radius 2 is 1.77 bits per heavy atom. The molecule has 156 valence electrons. The van der Waals surface area contributed by atoms with Crippen LogP contribution in [0.25, 0.3) is 0 Å². The molecular weight excluding hydrogens is 426 g/mol. The zero-order chi connectivity index (χ0) is 22.1. The lowest BCUT2D eigenvalue weighted by Gasteiger charge is -2.19. The van der Waals surface area contributed by atoms with E-state index in [4.69, 9.17) is 11.6 Å². The fourth-order valence-corrected chi connectivity index (χ4v) is 3.94. The van der Waals surface area contributed by atoms with Crippen LogP contribution in [0.4, 0.5) is 5.69 Å². The zero-order valence-electron chi connectivity index (χ0n) is 16.6. The van der Waals surface area contributed by atoms with Crippen LogP contribution in [-0.2, 0) is 15.4 Å². The number of hydrogen-bond donors (Lipinski definition) is 2. The number of pyridine rings is 2. The number of nitrogens with zero attached hydrogens (tertiary/aromatic N) is 1. The van der Waals surface area contributed by atoms with Gasteiger partial charge in [-0.3, -0.25) is 14.3 Å². The lowest BCUT2D eigenvalue weighted by molar-refractivity contribution is 0.103. The summed E-state index contributed by atoms with van der Waals surface area (Å²) in [6, 6.07) is 10.3. The Morgan fingerprint density at radius 1 is 1.10 bits per heavy atom. The van der Waals surface area contributed by atoms with Gasteiger partial charge in [0.2, 0.25) is 11.3 Å². The van der Waals surface area contributed by atoms with Gasteiger partial charge in [-0.1, -0.05) is 44.5 Å². The predicted molar refractivity (Wildman–Crippen MR) is 116 cm³/mol. The summed E-state index contributed by atoms with van der Waals surface area (Å²) in [6.45, 7) is 6.09. The Morgan fingerprint density at radius 3 is 2.33 bits per heavy atom. The molecule has 0 aliphatic rings. The second-order valence-corrected chi connectivity index (χ2v) is 9.82. The number of carbonyl (C=O) groups is 1. The topological polar surface area (TPSA) is 109 Å². The quantitative estimate of drug-likeness (QED) is 0.581. The molecule has 3 rings (SSSR count). The fraction of sp³-hybridized carbons (Fsp3) is 0.190. The minimum Gasteiger partial charge on any atom is -0.328 e. The van der Waals surface area contributed by atoms with Crippen LogP contribution in [0, 0.1) is 0 Å². The maximum Gasteiger partial charge on any atom is 0.261 e. The summed E-state index contributed by atoms with van der Waals surface area (Å²) in [5, 5.41) is 0.161. The average Bonchev–Trinajstić information content (AvgIpc) is 2.67. The number of hydrogen-bond acceptors (Lipinski definition) is 5. The summed E-state index contributed by atoms with van der Waals surface area (Å²) < 4.78 is 28.2. The van der Waals surface area contributed by atoms with Gasteiger partial charge in [0.25, 0.3) is 10.0 Å². The first-order chi connectivity index (χ1) is 14.0. The third kappa shape index (κ3) is 4.77. The monoisotopic (exact) mass is 445 g/mol. The second kappa shape index (κ2) is 8.04. The van der Waals surface area contributed by atoms with E-state index in [1.807, 2.05) is 20.8 Å². The minimum atomic E-state index is -4.00. The largest absolute Gasteiger partial charge is 0.328 e. The van der Waals surface area contributed by atoms with Crippen molar-refractivity contribution in [2.75, 3.05) is 4.72 Å². The summed E-state index contributed by atoms with van der Waals surface area (Å²) >= 11 is 5.98. The van der Waals surface area contributed by atoms with Gasteiger partial charge >= 0.3 is 0 Å². The van der Waals surface area contributed by atoms with Crippen LogP contribution in [0.1, 0.15) is 42.4 Å². The van der Waals surface area contributed by atoms with E-state index in [-0.39, 0.29) is 37.8 Å². The number of carbonyl (C=O) groups excluding carboxylic acids is 1. The van der Waals surface area contributed by atoms with Crippen molar-refractivity contribution in [3.05, 3.63) is 87.1 Å². The highest BCUT2D eigenvalue weighted by Gasteiger charge is 2.22. The summed E-state index contributed by atoms with van der Waals surface area (Å²) in [5.74, 6) is -0.566. The van der Waals surface area contributed by atoms with Gasteiger partial charge in [0.1, 0.15) is 5.69 Å². The third-order valence-electron chi connectivity index (χ3n) is 4.39. The van der Waals surface area contributed by atoms with Crippen LogP contribution in [0.2, 0.25) is 5.02 Å². The van der Waals surface area contributed by atoms with E-state index in [2.05, 4.69) is 14.7 Å². The van der Waals surface area contributed by atoms with Crippen LogP contribution in [0.15, 0.2) is 64.5 Å². The van der Waals surface area contributed by atoms with E-state index in [0.717, 1.165) is 5.56 Å². The number of ketones is 1. The van der Waals surface area contributed by atoms with Crippen molar-refractivity contribution in [3.63, 3.8) is 0 Å². The van der Waals surface area contributed by atoms with Gasteiger partial charge in [-0.25, -0.2) is 13.4 Å². The molecule has 2 aromatic heterocycles. The Bertz CT molecular complexity index is 1240. The normalized spacial score (nSPS) is 11.9. The highest BCUT2D eigenvalue weighted by molar-refractivity contribution is 7.92. The van der Waals surface area contributed by atoms with Crippen molar-refractivity contribution in [1.82, 2.24) is 9.97 Å². The van der Waals surface area contributed by atoms with Gasteiger partial charge in [0.15, 0.2) is 0 Å². The molecule has 0 saturated carbocycles. The number of nitrogens with one attached hydrogen (secondary N) is 2. The van der Waals surface area contributed by atoms with Gasteiger partial charge in [0, 0.05) is 24.0 Å². The molecule has 2 N–H and O–H groups in total. The molecule has 3 aromatic rings. The number of anilines is 1. The molecule has 2 heterocycles. The van der Waals surface area contributed by atoms with E-state index in [1.54, 1.807) is 12.1 Å². The van der Waals surface area contributed by atoms with E-state index in [1.165, 1.54) is 42.7 Å². The molecule has 0 unspecified atom stereocenters. The second-order valence-electron chi connectivity index (χ2n) is 7.70. The van der Waals surface area contributed by atoms with Crippen molar-refractivity contribution >= 4 is 33.1 Å². The van der Waals surface area contributed by atoms with E-state index in [0.29, 0.717) is 0 Å². The molecule has 0 aliphatic carbocycles. The van der Waals surface area contributed by atoms with Crippen molar-refractivity contribution < 1.29 is 13.2 Å². The van der Waals surface area contributed by atoms with Crippen LogP contribution in [0.5, 0.6) is 0 Å². The lowest BCUT2D eigenvalue weighted by Crippen LogP contribution is -2.18. The summed E-state index contributed by atoms with van der Waals surface area (Å²) in [5.41, 5.74) is 0.456. The first-order valence-corrected chi connectivity index (χ1v) is 10.9. The Balaban J connectivity index is 1.97. The van der Waals surface area contributed by atoms with Crippen LogP contribution >= 0.6 is 11.6 Å². The number of aromatic amines is 1. The number of rotatable bonds is 5. The van der Waals surface area contributed by atoms with E-state index < -0.39 is 15.8 Å². The zero-order valence-corrected chi connectivity index (χ0v) is 18.1. The highest BCUT2D eigenvalue weighted by Crippen LogP contribution is 2.26. The molecule has 0 atom stereocenters. The summed E-state index contributed by atoms with van der Waals surface area (Å²) in [6.07, 6.45) is 2.49. The first kappa shape index (κ1) is 21.7. The first-order valence-electron chi connectivity index (χ1n) is 9.00. The molecular formula is C21H20ClN3O4S. The summed E-state index contributed by atoms with van der Waals surface area (Å²) in [4.78, 5) is 30.5. The molecule has 0 bridgehead atoms. The van der Waals surface area contributed by atoms with Gasteiger partial charge < -0.3 is 4.98 Å². The highest BCUT2D eigenvalue weighted by atomic mass is 35.5. The molecule has 0 radical (unpaired) electrons. The summed E-state index contributed by atoms with van der Waals surface area (Å²) in [7, 11) is -4.00. The van der Waals surface area contributed by atoms with Crippen LogP contribution in [0.3, 0.4) is 0 Å². The number of H-pyrrole nitrogens is 1. The van der Waals surface area contributed by atoms with Crippen molar-refractivity contribution in [1.29, 1.82) is 0 Å². The van der Waals surface area contributed by atoms with Gasteiger partial charge in [-0.05, 0) is 35.2 Å². The number of halogens is 1. The predicted octanol–water partition coefficient (Wildman–Crippen LogP) is 3.75. The van der Waals surface area contributed by atoms with Gasteiger partial charge in [0.05, 0.1) is 15.6 Å². The van der Waals surface area contributed by atoms with Crippen molar-refractivity contribution in [2.45, 2.75) is 31.1 Å². The van der Waals surface area contributed by atoms with Gasteiger partial charge in [-0.15, -0.1) is 0 Å². The molecule has 0 fully saturated rings. The van der Waals surface area contributed by atoms with E-state index in [9.17, 15) is 18.0 Å². The van der Waals surface area contributed by atoms with Gasteiger partial charge in [-0.2, -0.15) is 0 Å². The number of sulfonamides is 1. The molecule has 0 amide bonds. The molecule has 0 aliphatic heterocycles. The number of benzene rings is 1. The van der Waals surface area contributed by atoms with Crippen molar-refractivity contribution in [3.8, 4) is 0 Å². The maximum atomic E-state index is 12.9. The SMILES string of the molecule is CC(C)(C)c1ccc(S(=O)(=O)Nc2cc(Cl)cnc2C(=O)c2ccc(=O)[nH]c2)cc1. The molecule has 9 heteroatoms. The van der Waals surface area contributed by atoms with Crippen LogP contribution < -0.4 is 10.3 Å². The van der Waals surface area contributed by atoms with Crippen LogP contribution in [-0.4, -0.2) is 24.2 Å². The number of aromatic nitrogens is 2. The van der Waals surface area contributed by atoms with Crippen molar-refractivity contribution in [2.24, 2.45) is 0 Å². The molecule has 7 nitrogen and oxygen atoms in total. The molecule has 0 spiro atoms. The molecule has 1 aromatic carbocycles. The van der Waals surface area contributed by atoms with E-state index >= 15 is 0 Å². The molecule has 30 heavy (non-hydrogen) atoms. The average molecular weight is 446 g/mol. The lowest BCUT2D eigenvalue weighted by atomic mass is 9.87. The Kier molecular flexibility index (Phi) is 5.83. The fourth-order valence-electron chi connectivity index (χ4n) is 2.72. The molecule has 0 saturated heterocycles. The third-order valence-corrected chi connectivity index (χ3v) is 5.98. The standard InChI is InChI=1S/C21H20ClN3O4S/c1-21(2,3)14-5-7-16(8-6-14)30(28,29)25-17-10-15(22)12-24-19(17)20(27)13-4-9-18(26)23-11-13/h4-12,25H,1-3H3,(H,23,26). The minimum absolute atomic E-state index is 0.0397. The Labute approximate surface area is 179 Å². The maximum absolute atomic E-state index is 12.9. The Hall–Kier alpha value is -2.97. The smallest absolute Gasteiger partial charge is 0.261 e.